The molecule has 0 aromatic heterocycles. The molecule has 0 radical (unpaired) electrons. The molecule has 1 rings (SSSR count). The average Bonchev–Trinajstić information content (AvgIpc) is 2.43. The quantitative estimate of drug-likeness (QED) is 0.798. The molecule has 1 amide bonds. The Hall–Kier alpha value is -1.66. The second-order valence-electron chi connectivity index (χ2n) is 4.64. The van der Waals surface area contributed by atoms with Gasteiger partial charge in [0, 0.05) is 5.41 Å². The van der Waals surface area contributed by atoms with Crippen LogP contribution >= 0.6 is 0 Å². The number of rotatable bonds is 7. The van der Waals surface area contributed by atoms with E-state index in [0.717, 1.165) is 11.0 Å². The van der Waals surface area contributed by atoms with E-state index in [4.69, 9.17) is 5.73 Å². The van der Waals surface area contributed by atoms with E-state index in [-0.39, 0.29) is 5.92 Å². The number of sulfonamides is 1. The maximum absolute atomic E-state index is 11.9. The number of primary amides is 1. The fourth-order valence-corrected chi connectivity index (χ4v) is 2.76. The Bertz CT molecular complexity index is 567. The minimum absolute atomic E-state index is 0.160. The van der Waals surface area contributed by atoms with Crippen molar-refractivity contribution in [1.29, 1.82) is 0 Å². The van der Waals surface area contributed by atoms with Crippen LogP contribution in [-0.4, -0.2) is 20.4 Å². The molecule has 2 unspecified atom stereocenters. The molecule has 0 aliphatic carbocycles. The van der Waals surface area contributed by atoms with Crippen LogP contribution in [0.1, 0.15) is 25.8 Å². The van der Waals surface area contributed by atoms with Crippen molar-refractivity contribution in [2.45, 2.75) is 26.3 Å². The molecule has 110 valence electrons. The van der Waals surface area contributed by atoms with Gasteiger partial charge in [0.15, 0.2) is 0 Å². The summed E-state index contributed by atoms with van der Waals surface area (Å²) in [6.45, 7) is 3.65. The van der Waals surface area contributed by atoms with E-state index in [0.29, 0.717) is 6.42 Å². The second kappa shape index (κ2) is 7.21. The first-order valence-corrected chi connectivity index (χ1v) is 7.95. The van der Waals surface area contributed by atoms with Crippen LogP contribution in [0.15, 0.2) is 35.7 Å². The number of nitrogens with two attached hydrogens (primary N) is 1. The summed E-state index contributed by atoms with van der Waals surface area (Å²) in [7, 11) is -3.71. The Morgan fingerprint density at radius 2 is 1.95 bits per heavy atom. The Morgan fingerprint density at radius 3 is 2.45 bits per heavy atom. The highest BCUT2D eigenvalue weighted by Crippen LogP contribution is 2.10. The van der Waals surface area contributed by atoms with Gasteiger partial charge in [-0.25, -0.2) is 8.42 Å². The number of hydrogen-bond donors (Lipinski definition) is 2. The molecule has 0 fully saturated rings. The summed E-state index contributed by atoms with van der Waals surface area (Å²) in [6.07, 6.45) is 2.12. The predicted molar refractivity (Wildman–Crippen MR) is 80.0 cm³/mol. The Kier molecular flexibility index (Phi) is 5.91. The topological polar surface area (TPSA) is 89.3 Å². The number of carbonyl (C=O) groups excluding carboxylic acids is 1. The third kappa shape index (κ3) is 5.14. The van der Waals surface area contributed by atoms with E-state index >= 15 is 0 Å². The summed E-state index contributed by atoms with van der Waals surface area (Å²) < 4.78 is 26.2. The standard InChI is InChI=1S/C14H20N2O3S/c1-3-11(2)13(14(15)17)16-20(18,19)10-9-12-7-5-4-6-8-12/h4-11,13,16H,3H2,1-2H3,(H2,15,17). The highest BCUT2D eigenvalue weighted by Gasteiger charge is 2.25. The highest BCUT2D eigenvalue weighted by molar-refractivity contribution is 7.92. The lowest BCUT2D eigenvalue weighted by Gasteiger charge is -2.19. The largest absolute Gasteiger partial charge is 0.368 e. The van der Waals surface area contributed by atoms with Crippen LogP contribution in [0.5, 0.6) is 0 Å². The first-order chi connectivity index (χ1) is 9.35. The molecule has 0 heterocycles. The van der Waals surface area contributed by atoms with Gasteiger partial charge in [0.2, 0.25) is 15.9 Å². The van der Waals surface area contributed by atoms with Crippen LogP contribution in [0.3, 0.4) is 0 Å². The second-order valence-corrected chi connectivity index (χ2v) is 6.24. The molecule has 1 aromatic rings. The van der Waals surface area contributed by atoms with Gasteiger partial charge in [0.05, 0.1) is 0 Å². The van der Waals surface area contributed by atoms with Gasteiger partial charge in [-0.2, -0.15) is 4.72 Å². The summed E-state index contributed by atoms with van der Waals surface area (Å²) in [5, 5.41) is 1.04. The van der Waals surface area contributed by atoms with Gasteiger partial charge in [-0.3, -0.25) is 4.79 Å². The van der Waals surface area contributed by atoms with E-state index in [9.17, 15) is 13.2 Å². The summed E-state index contributed by atoms with van der Waals surface area (Å²) >= 11 is 0. The molecule has 0 bridgehead atoms. The number of hydrogen-bond acceptors (Lipinski definition) is 3. The average molecular weight is 296 g/mol. The first kappa shape index (κ1) is 16.4. The van der Waals surface area contributed by atoms with Gasteiger partial charge >= 0.3 is 0 Å². The normalized spacial score (nSPS) is 15.1. The summed E-state index contributed by atoms with van der Waals surface area (Å²) in [6, 6.07) is 8.13. The number of amides is 1. The van der Waals surface area contributed by atoms with E-state index in [1.165, 1.54) is 6.08 Å². The van der Waals surface area contributed by atoms with Gasteiger partial charge in [-0.15, -0.1) is 0 Å². The number of nitrogens with one attached hydrogen (secondary N) is 1. The third-order valence-corrected chi connectivity index (χ3v) is 4.13. The van der Waals surface area contributed by atoms with Gasteiger partial charge in [0.1, 0.15) is 6.04 Å². The molecule has 0 aliphatic heterocycles. The van der Waals surface area contributed by atoms with Gasteiger partial charge < -0.3 is 5.73 Å². The van der Waals surface area contributed by atoms with Crippen molar-refractivity contribution in [1.82, 2.24) is 4.72 Å². The summed E-state index contributed by atoms with van der Waals surface area (Å²) in [5.41, 5.74) is 6.00. The van der Waals surface area contributed by atoms with Crippen LogP contribution in [-0.2, 0) is 14.8 Å². The molecule has 6 heteroatoms. The predicted octanol–water partition coefficient (Wildman–Crippen LogP) is 1.48. The zero-order chi connectivity index (χ0) is 15.2. The van der Waals surface area contributed by atoms with Crippen molar-refractivity contribution in [2.75, 3.05) is 0 Å². The third-order valence-electron chi connectivity index (χ3n) is 3.05. The molecular formula is C14H20N2O3S. The van der Waals surface area contributed by atoms with Crippen molar-refractivity contribution in [3.8, 4) is 0 Å². The lowest BCUT2D eigenvalue weighted by atomic mass is 10.00. The van der Waals surface area contributed by atoms with Crippen molar-refractivity contribution < 1.29 is 13.2 Å². The van der Waals surface area contributed by atoms with Gasteiger partial charge in [-0.05, 0) is 17.6 Å². The van der Waals surface area contributed by atoms with Crippen LogP contribution in [0, 0.1) is 5.92 Å². The molecular weight excluding hydrogens is 276 g/mol. The van der Waals surface area contributed by atoms with Crippen molar-refractivity contribution in [2.24, 2.45) is 11.7 Å². The zero-order valence-corrected chi connectivity index (χ0v) is 12.4. The van der Waals surface area contributed by atoms with Crippen molar-refractivity contribution in [3.05, 3.63) is 41.3 Å². The van der Waals surface area contributed by atoms with Gasteiger partial charge in [0.25, 0.3) is 0 Å². The fourth-order valence-electron chi connectivity index (χ4n) is 1.64. The molecule has 0 spiro atoms. The SMILES string of the molecule is CCC(C)C(NS(=O)(=O)C=Cc1ccccc1)C(N)=O. The number of benzene rings is 1. The van der Waals surface area contributed by atoms with E-state index in [2.05, 4.69) is 4.72 Å². The van der Waals surface area contributed by atoms with Crippen molar-refractivity contribution in [3.63, 3.8) is 0 Å². The smallest absolute Gasteiger partial charge is 0.235 e. The number of carbonyl (C=O) groups is 1. The lowest BCUT2D eigenvalue weighted by molar-refractivity contribution is -0.120. The molecule has 3 N–H and O–H groups in total. The monoisotopic (exact) mass is 296 g/mol. The molecule has 0 saturated heterocycles. The van der Waals surface area contributed by atoms with E-state index in [1.807, 2.05) is 25.1 Å². The Labute approximate surface area is 119 Å². The molecule has 2 atom stereocenters. The van der Waals surface area contributed by atoms with E-state index in [1.54, 1.807) is 19.1 Å². The zero-order valence-electron chi connectivity index (χ0n) is 11.6. The minimum Gasteiger partial charge on any atom is -0.368 e. The molecule has 0 saturated carbocycles. The summed E-state index contributed by atoms with van der Waals surface area (Å²) in [5.74, 6) is -0.830. The first-order valence-electron chi connectivity index (χ1n) is 6.40. The molecule has 20 heavy (non-hydrogen) atoms. The summed E-state index contributed by atoms with van der Waals surface area (Å²) in [4.78, 5) is 11.3. The van der Waals surface area contributed by atoms with Crippen LogP contribution in [0.4, 0.5) is 0 Å². The molecule has 5 nitrogen and oxygen atoms in total. The van der Waals surface area contributed by atoms with Crippen molar-refractivity contribution >= 4 is 22.0 Å². The maximum Gasteiger partial charge on any atom is 0.235 e. The van der Waals surface area contributed by atoms with Crippen LogP contribution in [0.2, 0.25) is 0 Å². The fraction of sp³-hybridized carbons (Fsp3) is 0.357. The lowest BCUT2D eigenvalue weighted by Crippen LogP contribution is -2.47. The Morgan fingerprint density at radius 1 is 1.35 bits per heavy atom. The minimum atomic E-state index is -3.71. The van der Waals surface area contributed by atoms with Gasteiger partial charge in [-0.1, -0.05) is 50.6 Å². The van der Waals surface area contributed by atoms with E-state index < -0.39 is 22.0 Å². The Balaban J connectivity index is 2.83. The molecule has 0 aliphatic rings. The maximum atomic E-state index is 11.9. The highest BCUT2D eigenvalue weighted by atomic mass is 32.2. The van der Waals surface area contributed by atoms with Crippen LogP contribution in [0.25, 0.3) is 6.08 Å². The van der Waals surface area contributed by atoms with Crippen LogP contribution < -0.4 is 10.5 Å². The molecule has 1 aromatic carbocycles.